The van der Waals surface area contributed by atoms with E-state index in [1.165, 1.54) is 6.33 Å². The number of benzene rings is 2. The van der Waals surface area contributed by atoms with Crippen LogP contribution in [0.5, 0.6) is 0 Å². The van der Waals surface area contributed by atoms with Gasteiger partial charge in [-0.25, -0.2) is 9.67 Å². The summed E-state index contributed by atoms with van der Waals surface area (Å²) in [5.74, 6) is -0.175. The summed E-state index contributed by atoms with van der Waals surface area (Å²) in [5, 5.41) is 11.1. The molecule has 0 spiro atoms. The first kappa shape index (κ1) is 16.0. The summed E-state index contributed by atoms with van der Waals surface area (Å²) in [4.78, 5) is 21.6. The average Bonchev–Trinajstić information content (AvgIpc) is 3.39. The van der Waals surface area contributed by atoms with E-state index in [4.69, 9.17) is 4.84 Å². The lowest BCUT2D eigenvalue weighted by atomic mass is 10.0. The van der Waals surface area contributed by atoms with Crippen LogP contribution >= 0.6 is 0 Å². The van der Waals surface area contributed by atoms with Crippen LogP contribution in [-0.2, 0) is 16.2 Å². The molecule has 1 aliphatic heterocycles. The van der Waals surface area contributed by atoms with E-state index in [0.29, 0.717) is 13.0 Å². The van der Waals surface area contributed by atoms with Crippen molar-refractivity contribution in [1.82, 2.24) is 20.1 Å². The molecule has 7 heteroatoms. The van der Waals surface area contributed by atoms with Crippen molar-refractivity contribution in [3.05, 3.63) is 78.4 Å². The second-order valence-electron chi connectivity index (χ2n) is 5.93. The molecule has 2 heterocycles. The maximum Gasteiger partial charge on any atom is 0.264 e. The van der Waals surface area contributed by atoms with Gasteiger partial charge in [0.15, 0.2) is 0 Å². The molecule has 1 aliphatic rings. The molecule has 1 aromatic heterocycles. The largest absolute Gasteiger partial charge is 0.382 e. The van der Waals surface area contributed by atoms with E-state index in [9.17, 15) is 4.79 Å². The number of oxime groups is 1. The second-order valence-corrected chi connectivity index (χ2v) is 5.93. The van der Waals surface area contributed by atoms with E-state index in [0.717, 1.165) is 22.5 Å². The first-order chi connectivity index (χ1) is 12.8. The molecule has 26 heavy (non-hydrogen) atoms. The van der Waals surface area contributed by atoms with Crippen molar-refractivity contribution in [3.63, 3.8) is 0 Å². The molecule has 0 saturated carbocycles. The van der Waals surface area contributed by atoms with Gasteiger partial charge in [0.25, 0.3) is 5.91 Å². The van der Waals surface area contributed by atoms with E-state index in [-0.39, 0.29) is 5.91 Å². The Kier molecular flexibility index (Phi) is 4.42. The summed E-state index contributed by atoms with van der Waals surface area (Å²) in [6.07, 6.45) is 2.99. The summed E-state index contributed by atoms with van der Waals surface area (Å²) in [7, 11) is 0. The van der Waals surface area contributed by atoms with Gasteiger partial charge in [-0.05, 0) is 23.3 Å². The fourth-order valence-electron chi connectivity index (χ4n) is 2.77. The zero-order valence-corrected chi connectivity index (χ0v) is 13.9. The number of nitrogens with zero attached hydrogens (tertiary/aromatic N) is 4. The topological polar surface area (TPSA) is 81.4 Å². The van der Waals surface area contributed by atoms with Gasteiger partial charge in [0.05, 0.1) is 11.4 Å². The number of aromatic nitrogens is 3. The number of hydrogen-bond acceptors (Lipinski definition) is 5. The standard InChI is InChI=1S/C19H17N5O2/c25-19(18-10-17(23-26-18)15-6-2-1-3-7-15)21-11-14-5-4-8-16(9-14)24-13-20-12-22-24/h1-9,12-13,18H,10-11H2,(H,21,25)/t18-/m1/s1. The smallest absolute Gasteiger partial charge is 0.264 e. The molecule has 0 unspecified atom stereocenters. The predicted octanol–water partition coefficient (Wildman–Crippen LogP) is 2.08. The van der Waals surface area contributed by atoms with Gasteiger partial charge in [0.2, 0.25) is 6.10 Å². The third kappa shape index (κ3) is 3.46. The molecule has 1 atom stereocenters. The number of carbonyl (C=O) groups is 1. The highest BCUT2D eigenvalue weighted by molar-refractivity contribution is 6.04. The summed E-state index contributed by atoms with van der Waals surface area (Å²) in [6.45, 7) is 0.405. The Morgan fingerprint density at radius 3 is 2.88 bits per heavy atom. The van der Waals surface area contributed by atoms with Crippen molar-refractivity contribution in [1.29, 1.82) is 0 Å². The number of rotatable bonds is 5. The fourth-order valence-corrected chi connectivity index (χ4v) is 2.77. The van der Waals surface area contributed by atoms with E-state index in [1.54, 1.807) is 11.0 Å². The highest BCUT2D eigenvalue weighted by atomic mass is 16.6. The van der Waals surface area contributed by atoms with E-state index in [2.05, 4.69) is 20.6 Å². The third-order valence-corrected chi connectivity index (χ3v) is 4.13. The molecular weight excluding hydrogens is 330 g/mol. The van der Waals surface area contributed by atoms with Crippen LogP contribution < -0.4 is 5.32 Å². The van der Waals surface area contributed by atoms with Gasteiger partial charge in [-0.15, -0.1) is 0 Å². The summed E-state index contributed by atoms with van der Waals surface area (Å²) in [6, 6.07) is 17.5. The van der Waals surface area contributed by atoms with E-state index < -0.39 is 6.10 Å². The third-order valence-electron chi connectivity index (χ3n) is 4.13. The monoisotopic (exact) mass is 347 g/mol. The summed E-state index contributed by atoms with van der Waals surface area (Å²) in [5.41, 5.74) is 3.62. The Morgan fingerprint density at radius 1 is 1.19 bits per heavy atom. The number of nitrogens with one attached hydrogen (secondary N) is 1. The first-order valence-corrected chi connectivity index (χ1v) is 8.29. The molecule has 0 aliphatic carbocycles. The van der Waals surface area contributed by atoms with Crippen LogP contribution in [0.25, 0.3) is 5.69 Å². The summed E-state index contributed by atoms with van der Waals surface area (Å²) >= 11 is 0. The van der Waals surface area contributed by atoms with Gasteiger partial charge in [0, 0.05) is 13.0 Å². The van der Waals surface area contributed by atoms with Crippen molar-refractivity contribution < 1.29 is 9.63 Å². The van der Waals surface area contributed by atoms with Gasteiger partial charge >= 0.3 is 0 Å². The van der Waals surface area contributed by atoms with Crippen molar-refractivity contribution >= 4 is 11.6 Å². The Balaban J connectivity index is 1.35. The molecule has 1 amide bonds. The molecule has 0 bridgehead atoms. The SMILES string of the molecule is O=C(NCc1cccc(-n2cncn2)c1)[C@H]1CC(c2ccccc2)=NO1. The van der Waals surface area contributed by atoms with Crippen LogP contribution in [0.1, 0.15) is 17.5 Å². The van der Waals surface area contributed by atoms with E-state index in [1.807, 2.05) is 54.6 Å². The van der Waals surface area contributed by atoms with Crippen LogP contribution in [0.4, 0.5) is 0 Å². The minimum atomic E-state index is -0.594. The zero-order valence-electron chi connectivity index (χ0n) is 13.9. The quantitative estimate of drug-likeness (QED) is 0.766. The first-order valence-electron chi connectivity index (χ1n) is 8.29. The van der Waals surface area contributed by atoms with Crippen molar-refractivity contribution in [2.75, 3.05) is 0 Å². The Hall–Kier alpha value is -3.48. The van der Waals surface area contributed by atoms with Crippen LogP contribution in [0.2, 0.25) is 0 Å². The lowest BCUT2D eigenvalue weighted by Crippen LogP contribution is -2.34. The molecule has 3 aromatic rings. The number of hydrogen-bond donors (Lipinski definition) is 1. The molecule has 4 rings (SSSR count). The van der Waals surface area contributed by atoms with Crippen LogP contribution in [0, 0.1) is 0 Å². The van der Waals surface area contributed by atoms with Gasteiger partial charge in [-0.3, -0.25) is 4.79 Å². The maximum absolute atomic E-state index is 12.4. The lowest BCUT2D eigenvalue weighted by molar-refractivity contribution is -0.131. The summed E-state index contributed by atoms with van der Waals surface area (Å²) < 4.78 is 1.67. The van der Waals surface area contributed by atoms with Crippen molar-refractivity contribution in [3.8, 4) is 5.69 Å². The fraction of sp³-hybridized carbons (Fsp3) is 0.158. The molecule has 130 valence electrons. The van der Waals surface area contributed by atoms with Gasteiger partial charge in [0.1, 0.15) is 12.7 Å². The molecule has 0 radical (unpaired) electrons. The van der Waals surface area contributed by atoms with Gasteiger partial charge in [-0.1, -0.05) is 47.6 Å². The number of carbonyl (C=O) groups excluding carboxylic acids is 1. The Labute approximate surface area is 150 Å². The highest BCUT2D eigenvalue weighted by Gasteiger charge is 2.28. The maximum atomic E-state index is 12.4. The van der Waals surface area contributed by atoms with E-state index >= 15 is 0 Å². The second kappa shape index (κ2) is 7.18. The van der Waals surface area contributed by atoms with Gasteiger partial charge in [-0.2, -0.15) is 5.10 Å². The molecule has 7 nitrogen and oxygen atoms in total. The Morgan fingerprint density at radius 2 is 2.08 bits per heavy atom. The number of amides is 1. The molecule has 0 saturated heterocycles. The average molecular weight is 347 g/mol. The zero-order chi connectivity index (χ0) is 17.8. The minimum Gasteiger partial charge on any atom is -0.382 e. The van der Waals surface area contributed by atoms with Crippen LogP contribution in [0.3, 0.4) is 0 Å². The Bertz CT molecular complexity index is 922. The van der Waals surface area contributed by atoms with Gasteiger partial charge < -0.3 is 10.2 Å². The molecule has 1 N–H and O–H groups in total. The lowest BCUT2D eigenvalue weighted by Gasteiger charge is -2.10. The molecular formula is C19H17N5O2. The highest BCUT2D eigenvalue weighted by Crippen LogP contribution is 2.17. The minimum absolute atomic E-state index is 0.175. The van der Waals surface area contributed by atoms with Crippen molar-refractivity contribution in [2.45, 2.75) is 19.1 Å². The van der Waals surface area contributed by atoms with Crippen molar-refractivity contribution in [2.24, 2.45) is 5.16 Å². The predicted molar refractivity (Wildman–Crippen MR) is 95.7 cm³/mol. The van der Waals surface area contributed by atoms with Crippen LogP contribution in [-0.4, -0.2) is 32.5 Å². The van der Waals surface area contributed by atoms with Crippen LogP contribution in [0.15, 0.2) is 72.4 Å². The molecule has 0 fully saturated rings. The molecule has 2 aromatic carbocycles. The normalized spacial score (nSPS) is 16.0.